The second-order valence-corrected chi connectivity index (χ2v) is 5.74. The van der Waals surface area contributed by atoms with Crippen molar-refractivity contribution in [1.29, 1.82) is 0 Å². The van der Waals surface area contributed by atoms with E-state index in [1.807, 2.05) is 12.1 Å². The molecule has 0 unspecified atom stereocenters. The second kappa shape index (κ2) is 4.68. The molecule has 0 aliphatic rings. The Labute approximate surface area is 133 Å². The van der Waals surface area contributed by atoms with Crippen LogP contribution in [0.3, 0.4) is 0 Å². The van der Waals surface area contributed by atoms with E-state index in [0.29, 0.717) is 0 Å². The van der Waals surface area contributed by atoms with Gasteiger partial charge in [-0.3, -0.25) is 4.40 Å². The Bertz CT molecular complexity index is 1150. The summed E-state index contributed by atoms with van der Waals surface area (Å²) in [7, 11) is 0. The van der Waals surface area contributed by atoms with E-state index in [2.05, 4.69) is 77.2 Å². The Morgan fingerprint density at radius 2 is 1.43 bits per heavy atom. The lowest BCUT2D eigenvalue weighted by molar-refractivity contribution is 1.25. The van der Waals surface area contributed by atoms with Crippen molar-refractivity contribution in [3.8, 4) is 11.3 Å². The molecular formula is C21H14N2. The zero-order valence-electron chi connectivity index (χ0n) is 12.5. The van der Waals surface area contributed by atoms with Crippen LogP contribution in [0.2, 0.25) is 0 Å². The minimum atomic E-state index is 1.02. The molecule has 0 aliphatic carbocycles. The normalized spacial score (nSPS) is 11.5. The Morgan fingerprint density at radius 3 is 2.35 bits per heavy atom. The van der Waals surface area contributed by atoms with E-state index in [4.69, 9.17) is 4.98 Å². The maximum atomic E-state index is 4.89. The highest BCUT2D eigenvalue weighted by molar-refractivity contribution is 6.01. The van der Waals surface area contributed by atoms with Crippen molar-refractivity contribution in [2.24, 2.45) is 0 Å². The third-order valence-corrected chi connectivity index (χ3v) is 4.37. The van der Waals surface area contributed by atoms with Crippen molar-refractivity contribution in [2.45, 2.75) is 0 Å². The SMILES string of the molecule is c1ccc(-c2cc3ccccc3c3nc4ccccc4n23)cc1. The smallest absolute Gasteiger partial charge is 0.146 e. The molecule has 0 spiro atoms. The summed E-state index contributed by atoms with van der Waals surface area (Å²) >= 11 is 0. The lowest BCUT2D eigenvalue weighted by Crippen LogP contribution is -1.93. The summed E-state index contributed by atoms with van der Waals surface area (Å²) in [5.41, 5.74) is 5.57. The zero-order chi connectivity index (χ0) is 15.2. The third kappa shape index (κ3) is 1.78. The van der Waals surface area contributed by atoms with Crippen molar-refractivity contribution >= 4 is 27.5 Å². The number of para-hydroxylation sites is 2. The molecule has 2 aromatic heterocycles. The van der Waals surface area contributed by atoms with Gasteiger partial charge >= 0.3 is 0 Å². The number of nitrogens with zero attached hydrogens (tertiary/aromatic N) is 2. The number of pyridine rings is 1. The van der Waals surface area contributed by atoms with Crippen LogP contribution in [0.4, 0.5) is 0 Å². The topological polar surface area (TPSA) is 17.3 Å². The highest BCUT2D eigenvalue weighted by Crippen LogP contribution is 2.31. The molecule has 0 saturated carbocycles. The quantitative estimate of drug-likeness (QED) is 0.409. The van der Waals surface area contributed by atoms with Crippen LogP contribution in [-0.2, 0) is 0 Å². The van der Waals surface area contributed by atoms with Gasteiger partial charge in [0.1, 0.15) is 5.65 Å². The van der Waals surface area contributed by atoms with E-state index in [1.54, 1.807) is 0 Å². The van der Waals surface area contributed by atoms with Crippen LogP contribution in [0.5, 0.6) is 0 Å². The molecule has 0 bridgehead atoms. The third-order valence-electron chi connectivity index (χ3n) is 4.37. The van der Waals surface area contributed by atoms with Gasteiger partial charge in [-0.2, -0.15) is 0 Å². The highest BCUT2D eigenvalue weighted by atomic mass is 15.0. The summed E-state index contributed by atoms with van der Waals surface area (Å²) in [5.74, 6) is 0. The minimum absolute atomic E-state index is 1.02. The minimum Gasteiger partial charge on any atom is -0.292 e. The van der Waals surface area contributed by atoms with Crippen LogP contribution in [0.15, 0.2) is 84.9 Å². The van der Waals surface area contributed by atoms with Crippen molar-refractivity contribution in [2.75, 3.05) is 0 Å². The van der Waals surface area contributed by atoms with Gasteiger partial charge in [-0.15, -0.1) is 0 Å². The molecule has 2 nitrogen and oxygen atoms in total. The fraction of sp³-hybridized carbons (Fsp3) is 0. The molecule has 0 fully saturated rings. The van der Waals surface area contributed by atoms with Crippen LogP contribution in [-0.4, -0.2) is 9.38 Å². The lowest BCUT2D eigenvalue weighted by Gasteiger charge is -2.10. The van der Waals surface area contributed by atoms with E-state index < -0.39 is 0 Å². The molecule has 0 saturated heterocycles. The molecule has 0 N–H and O–H groups in total. The highest BCUT2D eigenvalue weighted by Gasteiger charge is 2.12. The fourth-order valence-corrected chi connectivity index (χ4v) is 3.31. The number of hydrogen-bond acceptors (Lipinski definition) is 1. The summed E-state index contributed by atoms with van der Waals surface area (Å²) in [4.78, 5) is 4.89. The maximum Gasteiger partial charge on any atom is 0.146 e. The summed E-state index contributed by atoms with van der Waals surface area (Å²) in [5, 5.41) is 2.40. The van der Waals surface area contributed by atoms with Crippen molar-refractivity contribution < 1.29 is 0 Å². The van der Waals surface area contributed by atoms with E-state index in [0.717, 1.165) is 16.7 Å². The fourth-order valence-electron chi connectivity index (χ4n) is 3.31. The summed E-state index contributed by atoms with van der Waals surface area (Å²) in [6.45, 7) is 0. The standard InChI is InChI=1S/C21H14N2/c1-2-8-15(9-3-1)20-14-16-10-4-5-11-17(16)21-22-18-12-6-7-13-19(18)23(20)21/h1-14H. The Kier molecular flexibility index (Phi) is 2.53. The molecule has 108 valence electrons. The van der Waals surface area contributed by atoms with Crippen LogP contribution in [0.25, 0.3) is 38.7 Å². The number of fused-ring (bicyclic) bond motifs is 5. The molecule has 0 aliphatic heterocycles. The second-order valence-electron chi connectivity index (χ2n) is 5.74. The number of benzene rings is 3. The zero-order valence-corrected chi connectivity index (χ0v) is 12.5. The van der Waals surface area contributed by atoms with Crippen LogP contribution in [0, 0.1) is 0 Å². The first kappa shape index (κ1) is 12.4. The predicted octanol–water partition coefficient (Wildman–Crippen LogP) is 5.31. The average molecular weight is 294 g/mol. The van der Waals surface area contributed by atoms with Crippen LogP contribution in [0.1, 0.15) is 0 Å². The average Bonchev–Trinajstić information content (AvgIpc) is 3.02. The maximum absolute atomic E-state index is 4.89. The Morgan fingerprint density at radius 1 is 0.696 bits per heavy atom. The van der Waals surface area contributed by atoms with Gasteiger partial charge < -0.3 is 0 Å². The molecule has 0 atom stereocenters. The molecule has 2 heterocycles. The number of aromatic nitrogens is 2. The van der Waals surface area contributed by atoms with E-state index in [1.165, 1.54) is 22.0 Å². The van der Waals surface area contributed by atoms with Crippen LogP contribution >= 0.6 is 0 Å². The van der Waals surface area contributed by atoms with Crippen LogP contribution < -0.4 is 0 Å². The molecule has 23 heavy (non-hydrogen) atoms. The number of hydrogen-bond donors (Lipinski definition) is 0. The van der Waals surface area contributed by atoms with Gasteiger partial charge in [0.25, 0.3) is 0 Å². The van der Waals surface area contributed by atoms with Gasteiger partial charge in [0, 0.05) is 5.39 Å². The van der Waals surface area contributed by atoms with E-state index in [9.17, 15) is 0 Å². The van der Waals surface area contributed by atoms with Crippen molar-refractivity contribution in [3.05, 3.63) is 84.9 Å². The summed E-state index contributed by atoms with van der Waals surface area (Å²) in [6.07, 6.45) is 0. The number of rotatable bonds is 1. The van der Waals surface area contributed by atoms with Gasteiger partial charge in [-0.1, -0.05) is 66.7 Å². The van der Waals surface area contributed by atoms with Crippen molar-refractivity contribution in [3.63, 3.8) is 0 Å². The summed E-state index contributed by atoms with van der Waals surface area (Å²) < 4.78 is 2.27. The molecule has 0 radical (unpaired) electrons. The molecule has 5 rings (SSSR count). The first-order valence-corrected chi connectivity index (χ1v) is 7.76. The van der Waals surface area contributed by atoms with E-state index >= 15 is 0 Å². The first-order valence-electron chi connectivity index (χ1n) is 7.76. The molecule has 2 heteroatoms. The van der Waals surface area contributed by atoms with Gasteiger partial charge in [0.05, 0.1) is 16.7 Å². The Hall–Kier alpha value is -3.13. The van der Waals surface area contributed by atoms with Gasteiger partial charge in [0.15, 0.2) is 0 Å². The van der Waals surface area contributed by atoms with E-state index in [-0.39, 0.29) is 0 Å². The Balaban J connectivity index is 2.06. The van der Waals surface area contributed by atoms with Gasteiger partial charge in [-0.05, 0) is 29.1 Å². The molecule has 5 aromatic rings. The predicted molar refractivity (Wildman–Crippen MR) is 95.6 cm³/mol. The number of imidazole rings is 1. The molecular weight excluding hydrogens is 280 g/mol. The lowest BCUT2D eigenvalue weighted by atomic mass is 10.1. The monoisotopic (exact) mass is 294 g/mol. The van der Waals surface area contributed by atoms with Gasteiger partial charge in [-0.25, -0.2) is 4.98 Å². The first-order chi connectivity index (χ1) is 11.4. The molecule has 3 aromatic carbocycles. The molecule has 0 amide bonds. The van der Waals surface area contributed by atoms with Gasteiger partial charge in [0.2, 0.25) is 0 Å². The van der Waals surface area contributed by atoms with Crippen molar-refractivity contribution in [1.82, 2.24) is 9.38 Å². The summed E-state index contributed by atoms with van der Waals surface area (Å²) in [6, 6.07) is 29.5. The largest absolute Gasteiger partial charge is 0.292 e.